The van der Waals surface area contributed by atoms with Gasteiger partial charge in [0.2, 0.25) is 0 Å². The van der Waals surface area contributed by atoms with E-state index in [2.05, 4.69) is 21.9 Å². The Kier molecular flexibility index (Phi) is 4.36. The molecular weight excluding hydrogens is 224 g/mol. The van der Waals surface area contributed by atoms with Crippen LogP contribution < -0.4 is 4.74 Å². The number of nitro groups is 1. The van der Waals surface area contributed by atoms with Gasteiger partial charge in [-0.2, -0.15) is 0 Å². The standard InChI is InChI=1S/C10H8N4O3/c1-17-9-4-5-10(14(15)16)8(7-9)3-2-6-12-13-11/h4-5,7H,6H2,1H3. The second-order valence-corrected chi connectivity index (χ2v) is 2.83. The summed E-state index contributed by atoms with van der Waals surface area (Å²) >= 11 is 0. The van der Waals surface area contributed by atoms with Crippen molar-refractivity contribution in [1.82, 2.24) is 0 Å². The van der Waals surface area contributed by atoms with E-state index < -0.39 is 4.92 Å². The van der Waals surface area contributed by atoms with Crippen molar-refractivity contribution >= 4 is 5.69 Å². The van der Waals surface area contributed by atoms with Gasteiger partial charge in [0.05, 0.1) is 18.6 Å². The van der Waals surface area contributed by atoms with Gasteiger partial charge in [-0.3, -0.25) is 10.1 Å². The minimum absolute atomic E-state index is 0.0368. The highest BCUT2D eigenvalue weighted by molar-refractivity contribution is 5.54. The van der Waals surface area contributed by atoms with Crippen LogP contribution in [0.1, 0.15) is 5.56 Å². The predicted octanol–water partition coefficient (Wildman–Crippen LogP) is 2.27. The first-order valence-electron chi connectivity index (χ1n) is 4.51. The Morgan fingerprint density at radius 2 is 2.41 bits per heavy atom. The summed E-state index contributed by atoms with van der Waals surface area (Å²) in [6.45, 7) is -0.0368. The van der Waals surface area contributed by atoms with Crippen molar-refractivity contribution in [2.75, 3.05) is 13.7 Å². The number of benzene rings is 1. The van der Waals surface area contributed by atoms with Crippen molar-refractivity contribution in [3.63, 3.8) is 0 Å². The van der Waals surface area contributed by atoms with E-state index in [1.165, 1.54) is 25.3 Å². The molecule has 7 heteroatoms. The highest BCUT2D eigenvalue weighted by atomic mass is 16.6. The summed E-state index contributed by atoms with van der Waals surface area (Å²) in [5.41, 5.74) is 8.16. The molecule has 0 atom stereocenters. The topological polar surface area (TPSA) is 101 Å². The van der Waals surface area contributed by atoms with Crippen LogP contribution in [0.2, 0.25) is 0 Å². The number of azide groups is 1. The Morgan fingerprint density at radius 3 is 3.00 bits per heavy atom. The number of methoxy groups -OCH3 is 1. The maximum absolute atomic E-state index is 10.7. The average Bonchev–Trinajstić information content (AvgIpc) is 2.34. The molecule has 0 saturated carbocycles. The van der Waals surface area contributed by atoms with E-state index in [-0.39, 0.29) is 17.8 Å². The zero-order chi connectivity index (χ0) is 12.7. The van der Waals surface area contributed by atoms with E-state index in [0.717, 1.165) is 0 Å². The quantitative estimate of drug-likeness (QED) is 0.199. The lowest BCUT2D eigenvalue weighted by Gasteiger charge is -2.00. The smallest absolute Gasteiger partial charge is 0.285 e. The molecule has 1 aromatic carbocycles. The van der Waals surface area contributed by atoms with Crippen LogP contribution in [-0.4, -0.2) is 18.6 Å². The fourth-order valence-corrected chi connectivity index (χ4v) is 1.10. The maximum atomic E-state index is 10.7. The lowest BCUT2D eigenvalue weighted by Crippen LogP contribution is -1.93. The Morgan fingerprint density at radius 1 is 1.65 bits per heavy atom. The molecule has 0 saturated heterocycles. The molecule has 0 aliphatic carbocycles. The summed E-state index contributed by atoms with van der Waals surface area (Å²) in [6.07, 6.45) is 0. The minimum atomic E-state index is -0.531. The first kappa shape index (κ1) is 12.4. The Hall–Kier alpha value is -2.71. The molecule has 0 spiro atoms. The van der Waals surface area contributed by atoms with E-state index in [0.29, 0.717) is 5.75 Å². The Balaban J connectivity index is 3.11. The van der Waals surface area contributed by atoms with Gasteiger partial charge in [-0.05, 0) is 11.6 Å². The highest BCUT2D eigenvalue weighted by Gasteiger charge is 2.12. The number of hydrogen-bond acceptors (Lipinski definition) is 4. The fourth-order valence-electron chi connectivity index (χ4n) is 1.10. The minimum Gasteiger partial charge on any atom is -0.497 e. The van der Waals surface area contributed by atoms with Gasteiger partial charge >= 0.3 is 0 Å². The van der Waals surface area contributed by atoms with E-state index in [1.807, 2.05) is 0 Å². The summed E-state index contributed by atoms with van der Waals surface area (Å²) < 4.78 is 4.94. The number of nitrogens with zero attached hydrogens (tertiary/aromatic N) is 4. The van der Waals surface area contributed by atoms with Crippen LogP contribution in [0, 0.1) is 22.0 Å². The fraction of sp³-hybridized carbons (Fsp3) is 0.200. The van der Waals surface area contributed by atoms with Crippen LogP contribution in [0.5, 0.6) is 5.75 Å². The third-order valence-corrected chi connectivity index (χ3v) is 1.84. The third kappa shape index (κ3) is 3.41. The molecule has 0 aromatic heterocycles. The maximum Gasteiger partial charge on any atom is 0.285 e. The van der Waals surface area contributed by atoms with Crippen LogP contribution >= 0.6 is 0 Å². The molecule has 0 heterocycles. The molecule has 7 nitrogen and oxygen atoms in total. The molecule has 0 fully saturated rings. The monoisotopic (exact) mass is 232 g/mol. The third-order valence-electron chi connectivity index (χ3n) is 1.84. The van der Waals surface area contributed by atoms with Gasteiger partial charge in [-0.1, -0.05) is 17.0 Å². The van der Waals surface area contributed by atoms with Gasteiger partial charge in [0, 0.05) is 17.0 Å². The van der Waals surface area contributed by atoms with E-state index in [9.17, 15) is 10.1 Å². The van der Waals surface area contributed by atoms with Crippen LogP contribution in [0.3, 0.4) is 0 Å². The van der Waals surface area contributed by atoms with Gasteiger partial charge in [0.1, 0.15) is 11.3 Å². The normalized spacial score (nSPS) is 8.53. The summed E-state index contributed by atoms with van der Waals surface area (Å²) in [4.78, 5) is 12.7. The largest absolute Gasteiger partial charge is 0.497 e. The number of hydrogen-bond donors (Lipinski definition) is 0. The summed E-state index contributed by atoms with van der Waals surface area (Å²) in [6, 6.07) is 4.26. The lowest BCUT2D eigenvalue weighted by molar-refractivity contribution is -0.385. The first-order valence-corrected chi connectivity index (χ1v) is 4.51. The van der Waals surface area contributed by atoms with Gasteiger partial charge < -0.3 is 4.74 Å². The van der Waals surface area contributed by atoms with Gasteiger partial charge in [-0.25, -0.2) is 0 Å². The number of rotatable bonds is 3. The average molecular weight is 232 g/mol. The van der Waals surface area contributed by atoms with Crippen molar-refractivity contribution in [1.29, 1.82) is 0 Å². The molecule has 0 aliphatic rings. The van der Waals surface area contributed by atoms with Crippen LogP contribution in [0.15, 0.2) is 23.3 Å². The van der Waals surface area contributed by atoms with E-state index in [1.54, 1.807) is 0 Å². The molecular formula is C10H8N4O3. The summed E-state index contributed by atoms with van der Waals surface area (Å²) in [5.74, 6) is 5.56. The SMILES string of the molecule is COc1ccc([N+](=O)[O-])c(C#CCN=[N+]=[N-])c1. The molecule has 0 unspecified atom stereocenters. The molecule has 86 valence electrons. The van der Waals surface area contributed by atoms with Gasteiger partial charge in [-0.15, -0.1) is 0 Å². The molecule has 0 bridgehead atoms. The highest BCUT2D eigenvalue weighted by Crippen LogP contribution is 2.22. The summed E-state index contributed by atoms with van der Waals surface area (Å²) in [5, 5.41) is 13.9. The molecule has 0 amide bonds. The lowest BCUT2D eigenvalue weighted by atomic mass is 10.1. The Labute approximate surface area is 96.8 Å². The molecule has 1 aromatic rings. The second kappa shape index (κ2) is 6.00. The number of ether oxygens (including phenoxy) is 1. The van der Waals surface area contributed by atoms with Crippen molar-refractivity contribution in [2.24, 2.45) is 5.11 Å². The zero-order valence-corrected chi connectivity index (χ0v) is 8.95. The Bertz CT molecular complexity index is 538. The predicted molar refractivity (Wildman–Crippen MR) is 60.5 cm³/mol. The van der Waals surface area contributed by atoms with Crippen LogP contribution in [-0.2, 0) is 0 Å². The van der Waals surface area contributed by atoms with Crippen molar-refractivity contribution in [2.45, 2.75) is 0 Å². The molecule has 0 radical (unpaired) electrons. The van der Waals surface area contributed by atoms with Crippen LogP contribution in [0.4, 0.5) is 5.69 Å². The molecule has 1 rings (SSSR count). The first-order chi connectivity index (χ1) is 8.19. The second-order valence-electron chi connectivity index (χ2n) is 2.83. The van der Waals surface area contributed by atoms with Crippen LogP contribution in [0.25, 0.3) is 10.4 Å². The van der Waals surface area contributed by atoms with Gasteiger partial charge in [0.25, 0.3) is 5.69 Å². The molecule has 0 N–H and O–H groups in total. The van der Waals surface area contributed by atoms with E-state index >= 15 is 0 Å². The van der Waals surface area contributed by atoms with Crippen molar-refractivity contribution < 1.29 is 9.66 Å². The zero-order valence-electron chi connectivity index (χ0n) is 8.95. The molecule has 17 heavy (non-hydrogen) atoms. The van der Waals surface area contributed by atoms with Crippen molar-refractivity contribution in [3.8, 4) is 17.6 Å². The summed E-state index contributed by atoms with van der Waals surface area (Å²) in [7, 11) is 1.46. The van der Waals surface area contributed by atoms with E-state index in [4.69, 9.17) is 10.3 Å². The molecule has 0 aliphatic heterocycles. The number of nitro benzene ring substituents is 1. The van der Waals surface area contributed by atoms with Gasteiger partial charge in [0.15, 0.2) is 0 Å². The van der Waals surface area contributed by atoms with Crippen molar-refractivity contribution in [3.05, 3.63) is 44.3 Å².